The fraction of sp³-hybridized carbons (Fsp3) is 0.500. The molecule has 114 valence electrons. The van der Waals surface area contributed by atoms with E-state index in [1.165, 1.54) is 31.7 Å². The summed E-state index contributed by atoms with van der Waals surface area (Å²) in [5.74, 6) is 0.763. The summed E-state index contributed by atoms with van der Waals surface area (Å²) in [6.07, 6.45) is 6.21. The van der Waals surface area contributed by atoms with Crippen molar-refractivity contribution in [1.82, 2.24) is 0 Å². The van der Waals surface area contributed by atoms with Crippen LogP contribution in [0.3, 0.4) is 0 Å². The van der Waals surface area contributed by atoms with Crippen LogP contribution in [0.5, 0.6) is 5.75 Å². The summed E-state index contributed by atoms with van der Waals surface area (Å²) in [6.45, 7) is 6.21. The number of rotatable bonds is 7. The smallest absolute Gasteiger partial charge is 0.336 e. The normalized spacial score (nSPS) is 12.5. The van der Waals surface area contributed by atoms with E-state index >= 15 is 0 Å². The zero-order valence-corrected chi connectivity index (χ0v) is 13.1. The Morgan fingerprint density at radius 2 is 2.00 bits per heavy atom. The quantitative estimate of drug-likeness (QED) is 0.540. The van der Waals surface area contributed by atoms with Crippen molar-refractivity contribution in [2.75, 3.05) is 0 Å². The van der Waals surface area contributed by atoms with Crippen LogP contribution in [-0.2, 0) is 0 Å². The second-order valence-electron chi connectivity index (χ2n) is 5.68. The average molecular weight is 288 g/mol. The highest BCUT2D eigenvalue weighted by Gasteiger charge is 2.07. The minimum Gasteiger partial charge on any atom is -0.491 e. The van der Waals surface area contributed by atoms with Gasteiger partial charge >= 0.3 is 5.63 Å². The van der Waals surface area contributed by atoms with E-state index in [9.17, 15) is 4.79 Å². The average Bonchev–Trinajstić information content (AvgIpc) is 2.43. The molecule has 0 N–H and O–H groups in total. The fourth-order valence-electron chi connectivity index (χ4n) is 2.53. The molecule has 0 spiro atoms. The van der Waals surface area contributed by atoms with E-state index in [0.29, 0.717) is 5.58 Å². The number of ether oxygens (including phenoxy) is 1. The predicted octanol–water partition coefficient (Wildman–Crippen LogP) is 4.84. The molecule has 0 aliphatic carbocycles. The summed E-state index contributed by atoms with van der Waals surface area (Å²) in [6, 6.07) is 7.22. The molecule has 0 bridgehead atoms. The van der Waals surface area contributed by atoms with Crippen LogP contribution in [0.4, 0.5) is 0 Å². The first kappa shape index (κ1) is 15.6. The predicted molar refractivity (Wildman–Crippen MR) is 86.1 cm³/mol. The van der Waals surface area contributed by atoms with Crippen molar-refractivity contribution in [2.24, 2.45) is 0 Å². The molecule has 2 rings (SSSR count). The van der Waals surface area contributed by atoms with Gasteiger partial charge in [0.15, 0.2) is 0 Å². The molecule has 2 aromatic rings. The van der Waals surface area contributed by atoms with E-state index in [1.54, 1.807) is 0 Å². The van der Waals surface area contributed by atoms with Crippen molar-refractivity contribution in [3.8, 4) is 5.75 Å². The maximum absolute atomic E-state index is 11.4. The first-order valence-electron chi connectivity index (χ1n) is 7.81. The van der Waals surface area contributed by atoms with Gasteiger partial charge in [0, 0.05) is 17.5 Å². The Balaban J connectivity index is 2.04. The highest BCUT2D eigenvalue weighted by Crippen LogP contribution is 2.23. The van der Waals surface area contributed by atoms with Crippen molar-refractivity contribution in [1.29, 1.82) is 0 Å². The molecule has 0 saturated carbocycles. The maximum Gasteiger partial charge on any atom is 0.336 e. The lowest BCUT2D eigenvalue weighted by Gasteiger charge is -2.15. The highest BCUT2D eigenvalue weighted by molar-refractivity contribution is 5.81. The molecule has 0 aliphatic heterocycles. The third-order valence-corrected chi connectivity index (χ3v) is 3.72. The van der Waals surface area contributed by atoms with E-state index in [0.717, 1.165) is 23.1 Å². The van der Waals surface area contributed by atoms with Crippen LogP contribution < -0.4 is 10.4 Å². The van der Waals surface area contributed by atoms with Crippen molar-refractivity contribution >= 4 is 11.0 Å². The van der Waals surface area contributed by atoms with Gasteiger partial charge < -0.3 is 9.15 Å². The standard InChI is InChI=1S/C18H24O3/c1-4-5-6-7-8-14(3)20-15-9-10-16-13(2)11-18(19)21-17(16)12-15/h9-12,14H,4-8H2,1-3H3. The van der Waals surface area contributed by atoms with Crippen molar-refractivity contribution < 1.29 is 9.15 Å². The van der Waals surface area contributed by atoms with Gasteiger partial charge in [-0.3, -0.25) is 0 Å². The van der Waals surface area contributed by atoms with Crippen molar-refractivity contribution in [2.45, 2.75) is 59.0 Å². The van der Waals surface area contributed by atoms with Crippen molar-refractivity contribution in [3.05, 3.63) is 40.2 Å². The lowest BCUT2D eigenvalue weighted by Crippen LogP contribution is -2.11. The number of hydrogen-bond acceptors (Lipinski definition) is 3. The molecule has 1 heterocycles. The molecule has 21 heavy (non-hydrogen) atoms. The lowest BCUT2D eigenvalue weighted by atomic mass is 10.1. The molecule has 0 fully saturated rings. The molecule has 0 saturated heterocycles. The summed E-state index contributed by atoms with van der Waals surface area (Å²) in [5, 5.41) is 0.956. The molecule has 0 amide bonds. The molecule has 0 radical (unpaired) electrons. The monoisotopic (exact) mass is 288 g/mol. The minimum absolute atomic E-state index is 0.177. The molecule has 0 aliphatic rings. The number of benzene rings is 1. The van der Waals surface area contributed by atoms with Gasteiger partial charge in [0.25, 0.3) is 0 Å². The van der Waals surface area contributed by atoms with Crippen LogP contribution in [0.25, 0.3) is 11.0 Å². The lowest BCUT2D eigenvalue weighted by molar-refractivity contribution is 0.206. The maximum atomic E-state index is 11.4. The van der Waals surface area contributed by atoms with Crippen LogP contribution in [0.2, 0.25) is 0 Å². The second kappa shape index (κ2) is 7.30. The number of unbranched alkanes of at least 4 members (excludes halogenated alkanes) is 3. The molecule has 3 nitrogen and oxygen atoms in total. The Bertz CT molecular complexity index is 642. The van der Waals surface area contributed by atoms with Gasteiger partial charge in [-0.1, -0.05) is 26.2 Å². The zero-order chi connectivity index (χ0) is 15.2. The van der Waals surface area contributed by atoms with Gasteiger partial charge in [0.05, 0.1) is 6.10 Å². The summed E-state index contributed by atoms with van der Waals surface area (Å²) in [5.41, 5.74) is 1.21. The Kier molecular flexibility index (Phi) is 5.43. The zero-order valence-electron chi connectivity index (χ0n) is 13.1. The Labute approximate surface area is 125 Å². The molecular formula is C18H24O3. The summed E-state index contributed by atoms with van der Waals surface area (Å²) >= 11 is 0. The molecule has 1 aromatic heterocycles. The molecule has 3 heteroatoms. The van der Waals surface area contributed by atoms with Gasteiger partial charge in [0.2, 0.25) is 0 Å². The van der Waals surface area contributed by atoms with Gasteiger partial charge in [0.1, 0.15) is 11.3 Å². The third kappa shape index (κ3) is 4.35. The van der Waals surface area contributed by atoms with Crippen LogP contribution in [0.15, 0.2) is 33.5 Å². The Morgan fingerprint density at radius 1 is 1.19 bits per heavy atom. The van der Waals surface area contributed by atoms with Crippen LogP contribution in [-0.4, -0.2) is 6.10 Å². The van der Waals surface area contributed by atoms with Crippen LogP contribution in [0, 0.1) is 6.92 Å². The van der Waals surface area contributed by atoms with Gasteiger partial charge in [-0.15, -0.1) is 0 Å². The first-order valence-corrected chi connectivity index (χ1v) is 7.81. The summed E-state index contributed by atoms with van der Waals surface area (Å²) < 4.78 is 11.2. The summed E-state index contributed by atoms with van der Waals surface area (Å²) in [7, 11) is 0. The van der Waals surface area contributed by atoms with Crippen molar-refractivity contribution in [3.63, 3.8) is 0 Å². The van der Waals surface area contributed by atoms with E-state index in [4.69, 9.17) is 9.15 Å². The van der Waals surface area contributed by atoms with Gasteiger partial charge in [-0.05, 0) is 44.4 Å². The minimum atomic E-state index is -0.315. The molecule has 1 atom stereocenters. The van der Waals surface area contributed by atoms with E-state index < -0.39 is 0 Å². The Hall–Kier alpha value is -1.77. The largest absolute Gasteiger partial charge is 0.491 e. The first-order chi connectivity index (χ1) is 10.1. The van der Waals surface area contributed by atoms with Crippen LogP contribution >= 0.6 is 0 Å². The number of hydrogen-bond donors (Lipinski definition) is 0. The topological polar surface area (TPSA) is 39.4 Å². The molecule has 1 aromatic carbocycles. The fourth-order valence-corrected chi connectivity index (χ4v) is 2.53. The van der Waals surface area contributed by atoms with E-state index in [1.807, 2.05) is 25.1 Å². The van der Waals surface area contributed by atoms with Crippen LogP contribution in [0.1, 0.15) is 51.5 Å². The summed E-state index contributed by atoms with van der Waals surface area (Å²) in [4.78, 5) is 11.4. The van der Waals surface area contributed by atoms with Gasteiger partial charge in [-0.2, -0.15) is 0 Å². The Morgan fingerprint density at radius 3 is 2.76 bits per heavy atom. The molecular weight excluding hydrogens is 264 g/mol. The number of aryl methyl sites for hydroxylation is 1. The van der Waals surface area contributed by atoms with E-state index in [-0.39, 0.29) is 11.7 Å². The number of fused-ring (bicyclic) bond motifs is 1. The van der Waals surface area contributed by atoms with E-state index in [2.05, 4.69) is 13.8 Å². The highest BCUT2D eigenvalue weighted by atomic mass is 16.5. The third-order valence-electron chi connectivity index (χ3n) is 3.72. The molecule has 1 unspecified atom stereocenters. The SMILES string of the molecule is CCCCCCC(C)Oc1ccc2c(C)cc(=O)oc2c1. The van der Waals surface area contributed by atoms with Gasteiger partial charge in [-0.25, -0.2) is 4.79 Å². The second-order valence-corrected chi connectivity index (χ2v) is 5.68.